The standard InChI is InChI=1S/C44H34N4.C31H33BN2O2.C19H13BrN2/c1-29-30(2)45-31(3)46-43(29)36-24-20-33(21-25-36)32-16-18-34(19-17-32)38-10-9-11-39(28-38)35-22-26-37(27-23-35)44-47-41-14-7-8-15-42(41)48(44)40-12-5-4-6-13-40;1-20-21(2)33-22(3)34-29(20)26-17-15-24(16-18-26)23-11-13-25(14-12-23)27-9-8-10-28(19-27)32-35-30(4,5)31(6,7)36-32;20-15-12-10-14(11-13-15)19-21-17-8-4-5-9-18(17)22(19)16-6-2-1-3-7-16/h4-28H,1-3H3;8-19H,1-7H3;1-13H. The van der Waals surface area contributed by atoms with Crippen LogP contribution in [0.1, 0.15) is 61.9 Å². The summed E-state index contributed by atoms with van der Waals surface area (Å²) >= 11 is 3.49. The minimum Gasteiger partial charge on any atom is -0.399 e. The summed E-state index contributed by atoms with van der Waals surface area (Å²) in [6.45, 7) is 20.5. The third-order valence-corrected chi connectivity index (χ3v) is 21.0. The molecule has 12 heteroatoms. The van der Waals surface area contributed by atoms with Crippen molar-refractivity contribution in [3.63, 3.8) is 0 Å². The van der Waals surface area contributed by atoms with Gasteiger partial charge in [0, 0.05) is 49.5 Å². The van der Waals surface area contributed by atoms with Gasteiger partial charge in [-0.25, -0.2) is 29.9 Å². The highest BCUT2D eigenvalue weighted by Gasteiger charge is 2.51. The first-order valence-corrected chi connectivity index (χ1v) is 36.7. The maximum absolute atomic E-state index is 6.25. The SMILES string of the molecule is Brc1ccc(-c2nc3ccccc3n2-c2ccccc2)cc1.Cc1nc(C)c(C)c(-c2ccc(-c3ccc(-c4cccc(-c5ccc(-c6nc7ccccc7n6-c6ccccc6)cc5)c4)cc3)cc2)n1.Cc1nc(C)c(C)c(-c2ccc(-c3ccc(-c4cccc(B5OC(C)(C)C(C)(C)O5)c4)cc3)cc2)n1. The van der Waals surface area contributed by atoms with E-state index in [0.717, 1.165) is 134 Å². The lowest BCUT2D eigenvalue weighted by molar-refractivity contribution is 0.00578. The zero-order valence-corrected chi connectivity index (χ0v) is 62.8. The Balaban J connectivity index is 0.000000136. The number of imidazole rings is 2. The van der Waals surface area contributed by atoms with Crippen molar-refractivity contribution >= 4 is 50.6 Å². The minimum atomic E-state index is -0.362. The van der Waals surface area contributed by atoms with Gasteiger partial charge in [0.05, 0.1) is 44.7 Å². The molecule has 1 aliphatic rings. The fourth-order valence-electron chi connectivity index (χ4n) is 13.7. The van der Waals surface area contributed by atoms with E-state index in [1.54, 1.807) is 0 Å². The summed E-state index contributed by atoms with van der Waals surface area (Å²) < 4.78 is 18.0. The molecule has 0 amide bonds. The number of hydrogen-bond donors (Lipinski definition) is 0. The molecule has 0 spiro atoms. The van der Waals surface area contributed by atoms with Gasteiger partial charge in [0.15, 0.2) is 0 Å². The minimum absolute atomic E-state index is 0.352. The number of rotatable bonds is 12. The van der Waals surface area contributed by atoms with Crippen LogP contribution in [-0.4, -0.2) is 57.4 Å². The second-order valence-electron chi connectivity index (χ2n) is 28.0. The first kappa shape index (κ1) is 69.9. The van der Waals surface area contributed by atoms with E-state index in [9.17, 15) is 0 Å². The van der Waals surface area contributed by atoms with Crippen LogP contribution in [0.3, 0.4) is 0 Å². The van der Waals surface area contributed by atoms with Gasteiger partial charge in [0.2, 0.25) is 0 Å². The molecule has 0 aliphatic carbocycles. The van der Waals surface area contributed by atoms with Crippen LogP contribution < -0.4 is 5.46 Å². The molecule has 518 valence electrons. The van der Waals surface area contributed by atoms with Crippen molar-refractivity contribution in [2.45, 2.75) is 80.4 Å². The molecule has 1 aliphatic heterocycles. The Bertz CT molecular complexity index is 5810. The van der Waals surface area contributed by atoms with Crippen molar-refractivity contribution in [3.05, 3.63) is 342 Å². The van der Waals surface area contributed by atoms with Gasteiger partial charge in [-0.05, 0) is 208 Å². The topological polar surface area (TPSA) is 106 Å². The average molecular weight is 1440 g/mol. The van der Waals surface area contributed by atoms with E-state index < -0.39 is 0 Å². The number of hydrogen-bond acceptors (Lipinski definition) is 8. The molecule has 5 heterocycles. The molecule has 12 aromatic carbocycles. The molecule has 0 saturated carbocycles. The first-order valence-electron chi connectivity index (χ1n) is 35.9. The summed E-state index contributed by atoms with van der Waals surface area (Å²) in [5, 5.41) is 0. The summed E-state index contributed by atoms with van der Waals surface area (Å²) in [5.41, 5.74) is 29.2. The zero-order chi connectivity index (χ0) is 73.2. The quantitative estimate of drug-likeness (QED) is 0.111. The third kappa shape index (κ3) is 14.6. The lowest BCUT2D eigenvalue weighted by atomic mass is 9.78. The normalized spacial score (nSPS) is 12.9. The Morgan fingerprint density at radius 2 is 0.604 bits per heavy atom. The predicted molar refractivity (Wildman–Crippen MR) is 441 cm³/mol. The van der Waals surface area contributed by atoms with Gasteiger partial charge in [0.1, 0.15) is 23.3 Å². The van der Waals surface area contributed by atoms with E-state index in [-0.39, 0.29) is 18.3 Å². The van der Waals surface area contributed by atoms with Crippen LogP contribution in [0.15, 0.2) is 308 Å². The highest BCUT2D eigenvalue weighted by atomic mass is 79.9. The van der Waals surface area contributed by atoms with E-state index in [0.29, 0.717) is 0 Å². The lowest BCUT2D eigenvalue weighted by Crippen LogP contribution is -2.41. The molecule has 1 fully saturated rings. The Labute approximate surface area is 629 Å². The van der Waals surface area contributed by atoms with Gasteiger partial charge >= 0.3 is 7.12 Å². The largest absolute Gasteiger partial charge is 0.494 e. The highest BCUT2D eigenvalue weighted by molar-refractivity contribution is 9.10. The van der Waals surface area contributed by atoms with Crippen LogP contribution in [0.25, 0.3) is 134 Å². The van der Waals surface area contributed by atoms with Crippen molar-refractivity contribution in [2.75, 3.05) is 0 Å². The zero-order valence-electron chi connectivity index (χ0n) is 61.2. The van der Waals surface area contributed by atoms with Crippen molar-refractivity contribution < 1.29 is 9.31 Å². The molecule has 0 radical (unpaired) electrons. The average Bonchev–Trinajstić information content (AvgIpc) is 1.63. The number of aromatic nitrogens is 8. The molecule has 0 unspecified atom stereocenters. The summed E-state index contributed by atoms with van der Waals surface area (Å²) in [4.78, 5) is 28.2. The number of para-hydroxylation sites is 6. The molecule has 0 bridgehead atoms. The van der Waals surface area contributed by atoms with E-state index in [4.69, 9.17) is 24.3 Å². The molecule has 10 nitrogen and oxygen atoms in total. The Hall–Kier alpha value is -11.8. The Kier molecular flexibility index (Phi) is 19.6. The van der Waals surface area contributed by atoms with Crippen LogP contribution in [-0.2, 0) is 9.31 Å². The van der Waals surface area contributed by atoms with Gasteiger partial charge in [-0.3, -0.25) is 9.13 Å². The maximum Gasteiger partial charge on any atom is 0.494 e. The van der Waals surface area contributed by atoms with Crippen LogP contribution in [0, 0.1) is 41.5 Å². The number of nitrogens with zero attached hydrogens (tertiary/aromatic N) is 8. The molecule has 4 aromatic heterocycles. The molecule has 16 aromatic rings. The monoisotopic (exact) mass is 1440 g/mol. The smallest absolute Gasteiger partial charge is 0.399 e. The second-order valence-corrected chi connectivity index (χ2v) is 29.0. The van der Waals surface area contributed by atoms with Crippen LogP contribution >= 0.6 is 15.9 Å². The summed E-state index contributed by atoms with van der Waals surface area (Å²) in [7, 11) is -0.362. The number of aryl methyl sites for hydroxylation is 4. The molecular weight excluding hydrogens is 1360 g/mol. The summed E-state index contributed by atoms with van der Waals surface area (Å²) in [6.07, 6.45) is 0. The van der Waals surface area contributed by atoms with Gasteiger partial charge in [-0.2, -0.15) is 0 Å². The first-order chi connectivity index (χ1) is 51.4. The van der Waals surface area contributed by atoms with Crippen molar-refractivity contribution in [2.24, 2.45) is 0 Å². The second kappa shape index (κ2) is 29.7. The summed E-state index contributed by atoms with van der Waals surface area (Å²) in [6, 6.07) is 106. The van der Waals surface area contributed by atoms with Crippen LogP contribution in [0.4, 0.5) is 0 Å². The Morgan fingerprint density at radius 1 is 0.292 bits per heavy atom. The van der Waals surface area contributed by atoms with Crippen molar-refractivity contribution in [3.8, 4) is 112 Å². The Morgan fingerprint density at radius 3 is 0.991 bits per heavy atom. The number of benzene rings is 12. The molecule has 17 rings (SSSR count). The van der Waals surface area contributed by atoms with E-state index in [2.05, 4.69) is 348 Å². The lowest BCUT2D eigenvalue weighted by Gasteiger charge is -2.32. The van der Waals surface area contributed by atoms with E-state index in [1.807, 2.05) is 64.1 Å². The molecule has 1 saturated heterocycles. The fraction of sp³-hybridized carbons (Fsp3) is 0.128. The fourth-order valence-corrected chi connectivity index (χ4v) is 14.0. The van der Waals surface area contributed by atoms with Crippen molar-refractivity contribution in [1.82, 2.24) is 39.0 Å². The molecular formula is C94H80BBrN8O2. The summed E-state index contributed by atoms with van der Waals surface area (Å²) in [5.74, 6) is 3.50. The molecule has 106 heavy (non-hydrogen) atoms. The maximum atomic E-state index is 6.25. The highest BCUT2D eigenvalue weighted by Crippen LogP contribution is 2.39. The van der Waals surface area contributed by atoms with Gasteiger partial charge in [-0.1, -0.05) is 253 Å². The van der Waals surface area contributed by atoms with Gasteiger partial charge < -0.3 is 9.31 Å². The van der Waals surface area contributed by atoms with E-state index in [1.165, 1.54) is 44.5 Å². The molecule has 0 atom stereocenters. The molecule has 0 N–H and O–H groups in total. The van der Waals surface area contributed by atoms with Crippen molar-refractivity contribution in [1.29, 1.82) is 0 Å². The van der Waals surface area contributed by atoms with E-state index >= 15 is 0 Å². The number of halogens is 1. The third-order valence-electron chi connectivity index (χ3n) is 20.4. The predicted octanol–water partition coefficient (Wildman–Crippen LogP) is 23.2. The van der Waals surface area contributed by atoms with Gasteiger partial charge in [-0.15, -0.1) is 0 Å². The van der Waals surface area contributed by atoms with Crippen LogP contribution in [0.5, 0.6) is 0 Å². The van der Waals surface area contributed by atoms with Gasteiger partial charge in [0.25, 0.3) is 0 Å². The van der Waals surface area contributed by atoms with Crippen LogP contribution in [0.2, 0.25) is 0 Å². The number of fused-ring (bicyclic) bond motifs is 2.